The molecule has 0 saturated carbocycles. The van der Waals surface area contributed by atoms with E-state index in [1.165, 1.54) is 11.1 Å². The molecular formula is C22H27NO3. The van der Waals surface area contributed by atoms with Gasteiger partial charge in [-0.15, -0.1) is 0 Å². The second-order valence-electron chi connectivity index (χ2n) is 7.23. The first kappa shape index (κ1) is 18.4. The van der Waals surface area contributed by atoms with Crippen molar-refractivity contribution in [2.75, 3.05) is 0 Å². The number of ether oxygens (including phenoxy) is 1. The Labute approximate surface area is 155 Å². The topological polar surface area (TPSA) is 59.2 Å². The first-order valence-electron chi connectivity index (χ1n) is 9.49. The Morgan fingerprint density at radius 1 is 1.23 bits per heavy atom. The van der Waals surface area contributed by atoms with Crippen molar-refractivity contribution >= 4 is 11.8 Å². The minimum Gasteiger partial charge on any atom is -0.458 e. The first-order chi connectivity index (χ1) is 12.4. The van der Waals surface area contributed by atoms with Crippen molar-refractivity contribution in [3.05, 3.63) is 57.9 Å². The minimum absolute atomic E-state index is 0.104. The summed E-state index contributed by atoms with van der Waals surface area (Å²) in [5.41, 5.74) is 5.16. The van der Waals surface area contributed by atoms with E-state index < -0.39 is 0 Å². The number of rotatable bonds is 5. The van der Waals surface area contributed by atoms with E-state index in [0.29, 0.717) is 17.7 Å². The number of hydrogen-bond donors (Lipinski definition) is 1. The number of aryl methyl sites for hydroxylation is 1. The number of esters is 1. The van der Waals surface area contributed by atoms with E-state index in [1.807, 2.05) is 20.8 Å². The smallest absolute Gasteiger partial charge is 0.355 e. The lowest BCUT2D eigenvalue weighted by Crippen LogP contribution is -2.18. The first-order valence-corrected chi connectivity index (χ1v) is 9.49. The van der Waals surface area contributed by atoms with Gasteiger partial charge in [0.2, 0.25) is 0 Å². The number of aromatic amines is 1. The van der Waals surface area contributed by atoms with Crippen LogP contribution in [0.5, 0.6) is 0 Å². The van der Waals surface area contributed by atoms with E-state index in [1.54, 1.807) is 0 Å². The summed E-state index contributed by atoms with van der Waals surface area (Å²) in [4.78, 5) is 28.4. The predicted octanol–water partition coefficient (Wildman–Crippen LogP) is 4.75. The molecule has 0 bridgehead atoms. The summed E-state index contributed by atoms with van der Waals surface area (Å²) in [6, 6.07) is 8.50. The summed E-state index contributed by atoms with van der Waals surface area (Å²) < 4.78 is 5.43. The molecule has 0 aliphatic heterocycles. The highest BCUT2D eigenvalue weighted by atomic mass is 16.5. The predicted molar refractivity (Wildman–Crippen MR) is 102 cm³/mol. The third kappa shape index (κ3) is 3.46. The number of carbonyl (C=O) groups excluding carboxylic acids is 2. The maximum Gasteiger partial charge on any atom is 0.355 e. The zero-order valence-electron chi connectivity index (χ0n) is 16.0. The molecule has 0 unspecified atom stereocenters. The monoisotopic (exact) mass is 353 g/mol. The van der Waals surface area contributed by atoms with Crippen LogP contribution >= 0.6 is 0 Å². The lowest BCUT2D eigenvalue weighted by atomic mass is 9.81. The Balaban J connectivity index is 1.87. The van der Waals surface area contributed by atoms with Crippen LogP contribution in [0.4, 0.5) is 0 Å². The average molecular weight is 353 g/mol. The molecule has 1 N–H and O–H groups in total. The standard InChI is InChI=1S/C22H27NO3/c1-5-13(3)26-22(25)21-14(4)20-18(23-21)11-17(12-19(20)24)16-9-7-15(6-2)8-10-16/h7-10,13,17,23H,5-6,11-12H2,1-4H3/t13-,17+/m0/s1. The molecule has 4 heteroatoms. The van der Waals surface area contributed by atoms with E-state index >= 15 is 0 Å². The summed E-state index contributed by atoms with van der Waals surface area (Å²) in [5.74, 6) is -0.118. The second-order valence-corrected chi connectivity index (χ2v) is 7.23. The number of hydrogen-bond acceptors (Lipinski definition) is 3. The summed E-state index contributed by atoms with van der Waals surface area (Å²) in [6.45, 7) is 7.81. The van der Waals surface area contributed by atoms with Crippen LogP contribution in [0.3, 0.4) is 0 Å². The Kier molecular flexibility index (Phi) is 5.30. The molecule has 26 heavy (non-hydrogen) atoms. The highest BCUT2D eigenvalue weighted by Gasteiger charge is 2.32. The van der Waals surface area contributed by atoms with E-state index in [4.69, 9.17) is 4.74 Å². The van der Waals surface area contributed by atoms with Gasteiger partial charge in [-0.3, -0.25) is 4.79 Å². The van der Waals surface area contributed by atoms with Gasteiger partial charge in [0.15, 0.2) is 5.78 Å². The lowest BCUT2D eigenvalue weighted by molar-refractivity contribution is 0.0327. The van der Waals surface area contributed by atoms with Gasteiger partial charge in [-0.25, -0.2) is 4.79 Å². The SMILES string of the molecule is CCc1ccc([C@H]2CC(=O)c3c([nH]c(C(=O)O[C@@H](C)CC)c3C)C2)cc1. The number of nitrogens with one attached hydrogen (secondary N) is 1. The van der Waals surface area contributed by atoms with Crippen molar-refractivity contribution in [1.29, 1.82) is 0 Å². The van der Waals surface area contributed by atoms with Gasteiger partial charge in [-0.1, -0.05) is 38.1 Å². The summed E-state index contributed by atoms with van der Waals surface area (Å²) in [6.07, 6.45) is 2.86. The quantitative estimate of drug-likeness (QED) is 0.789. The number of carbonyl (C=O) groups is 2. The Bertz CT molecular complexity index is 817. The molecule has 1 aromatic carbocycles. The number of benzene rings is 1. The largest absolute Gasteiger partial charge is 0.458 e. The van der Waals surface area contributed by atoms with Crippen molar-refractivity contribution in [3.8, 4) is 0 Å². The average Bonchev–Trinajstić information content (AvgIpc) is 2.98. The normalized spacial score (nSPS) is 17.7. The van der Waals surface area contributed by atoms with Crippen molar-refractivity contribution in [1.82, 2.24) is 4.98 Å². The number of aromatic nitrogens is 1. The molecule has 1 aromatic heterocycles. The van der Waals surface area contributed by atoms with Gasteiger partial charge in [-0.05, 0) is 55.7 Å². The van der Waals surface area contributed by atoms with Crippen molar-refractivity contribution in [2.45, 2.75) is 65.4 Å². The fourth-order valence-electron chi connectivity index (χ4n) is 3.62. The fraction of sp³-hybridized carbons (Fsp3) is 0.455. The zero-order valence-corrected chi connectivity index (χ0v) is 16.0. The lowest BCUT2D eigenvalue weighted by Gasteiger charge is -2.22. The van der Waals surface area contributed by atoms with Gasteiger partial charge in [0.25, 0.3) is 0 Å². The van der Waals surface area contributed by atoms with Crippen LogP contribution in [0, 0.1) is 6.92 Å². The van der Waals surface area contributed by atoms with Crippen LogP contribution in [-0.2, 0) is 17.6 Å². The van der Waals surface area contributed by atoms with Crippen LogP contribution in [-0.4, -0.2) is 22.8 Å². The molecule has 0 radical (unpaired) electrons. The minimum atomic E-state index is -0.372. The second kappa shape index (κ2) is 7.48. The van der Waals surface area contributed by atoms with Crippen LogP contribution in [0.15, 0.2) is 24.3 Å². The molecule has 2 atom stereocenters. The van der Waals surface area contributed by atoms with Crippen LogP contribution in [0.25, 0.3) is 0 Å². The van der Waals surface area contributed by atoms with Crippen LogP contribution < -0.4 is 0 Å². The van der Waals surface area contributed by atoms with Crippen molar-refractivity contribution < 1.29 is 14.3 Å². The fourth-order valence-corrected chi connectivity index (χ4v) is 3.62. The molecule has 1 aliphatic carbocycles. The number of Topliss-reactive ketones (excluding diaryl/α,β-unsaturated/α-hetero) is 1. The molecular weight excluding hydrogens is 326 g/mol. The zero-order chi connectivity index (χ0) is 18.8. The third-order valence-electron chi connectivity index (χ3n) is 5.44. The molecule has 3 rings (SSSR count). The summed E-state index contributed by atoms with van der Waals surface area (Å²) in [7, 11) is 0. The van der Waals surface area contributed by atoms with Crippen LogP contribution in [0.1, 0.15) is 82.8 Å². The highest BCUT2D eigenvalue weighted by Crippen LogP contribution is 2.35. The number of H-pyrrole nitrogens is 1. The van der Waals surface area contributed by atoms with Gasteiger partial charge in [0.05, 0.1) is 6.10 Å². The molecule has 1 aliphatic rings. The Morgan fingerprint density at radius 2 is 1.92 bits per heavy atom. The molecule has 4 nitrogen and oxygen atoms in total. The number of fused-ring (bicyclic) bond motifs is 1. The maximum atomic E-state index is 12.8. The molecule has 0 fully saturated rings. The molecule has 2 aromatic rings. The van der Waals surface area contributed by atoms with Gasteiger partial charge in [0, 0.05) is 17.7 Å². The molecule has 0 amide bonds. The van der Waals surface area contributed by atoms with E-state index in [0.717, 1.165) is 30.5 Å². The summed E-state index contributed by atoms with van der Waals surface area (Å²) in [5, 5.41) is 0. The van der Waals surface area contributed by atoms with E-state index in [2.05, 4.69) is 36.2 Å². The highest BCUT2D eigenvalue weighted by molar-refractivity contribution is 6.03. The molecule has 0 saturated heterocycles. The van der Waals surface area contributed by atoms with Gasteiger partial charge in [0.1, 0.15) is 5.69 Å². The van der Waals surface area contributed by atoms with E-state index in [9.17, 15) is 9.59 Å². The van der Waals surface area contributed by atoms with Crippen molar-refractivity contribution in [3.63, 3.8) is 0 Å². The van der Waals surface area contributed by atoms with Gasteiger partial charge >= 0.3 is 5.97 Å². The summed E-state index contributed by atoms with van der Waals surface area (Å²) >= 11 is 0. The third-order valence-corrected chi connectivity index (χ3v) is 5.44. The van der Waals surface area contributed by atoms with Gasteiger partial charge in [-0.2, -0.15) is 0 Å². The van der Waals surface area contributed by atoms with Crippen molar-refractivity contribution in [2.24, 2.45) is 0 Å². The molecule has 0 spiro atoms. The molecule has 138 valence electrons. The molecule has 1 heterocycles. The Hall–Kier alpha value is -2.36. The maximum absolute atomic E-state index is 12.8. The van der Waals surface area contributed by atoms with E-state index in [-0.39, 0.29) is 23.8 Å². The number of ketones is 1. The van der Waals surface area contributed by atoms with Crippen LogP contribution in [0.2, 0.25) is 0 Å². The van der Waals surface area contributed by atoms with Gasteiger partial charge < -0.3 is 9.72 Å². The Morgan fingerprint density at radius 3 is 2.54 bits per heavy atom.